The molecule has 106 valence electrons. The molecule has 0 aromatic heterocycles. The predicted molar refractivity (Wildman–Crippen MR) is 77.9 cm³/mol. The molecule has 0 aromatic rings. The van der Waals surface area contributed by atoms with Gasteiger partial charge in [0.15, 0.2) is 0 Å². The second kappa shape index (κ2) is 7.37. The quantitative estimate of drug-likeness (QED) is 0.549. The van der Waals surface area contributed by atoms with Crippen molar-refractivity contribution in [2.24, 2.45) is 11.3 Å². The normalized spacial score (nSPS) is 20.1. The van der Waals surface area contributed by atoms with E-state index in [4.69, 9.17) is 11.6 Å². The van der Waals surface area contributed by atoms with Crippen LogP contribution in [0.2, 0.25) is 0 Å². The lowest BCUT2D eigenvalue weighted by molar-refractivity contribution is -0.131. The Hall–Kier alpha value is -0.240. The van der Waals surface area contributed by atoms with Gasteiger partial charge in [-0.15, -0.1) is 11.6 Å². The highest BCUT2D eigenvalue weighted by molar-refractivity contribution is 6.20. The molecule has 0 bridgehead atoms. The first-order valence-electron chi connectivity index (χ1n) is 7.39. The summed E-state index contributed by atoms with van der Waals surface area (Å²) in [6, 6.07) is 0. The third kappa shape index (κ3) is 4.79. The number of halogens is 1. The molecule has 0 aromatic carbocycles. The third-order valence-electron chi connectivity index (χ3n) is 3.91. The molecule has 18 heavy (non-hydrogen) atoms. The van der Waals surface area contributed by atoms with E-state index in [1.807, 2.05) is 6.92 Å². The van der Waals surface area contributed by atoms with Crippen molar-refractivity contribution < 1.29 is 4.79 Å². The molecule has 1 unspecified atom stereocenters. The van der Waals surface area contributed by atoms with E-state index in [-0.39, 0.29) is 16.7 Å². The van der Waals surface area contributed by atoms with Crippen molar-refractivity contribution in [3.05, 3.63) is 0 Å². The van der Waals surface area contributed by atoms with E-state index in [9.17, 15) is 4.79 Å². The Bertz CT molecular complexity index is 257. The first kappa shape index (κ1) is 15.8. The Morgan fingerprint density at radius 3 is 2.39 bits per heavy atom. The summed E-state index contributed by atoms with van der Waals surface area (Å²) < 4.78 is 0. The van der Waals surface area contributed by atoms with Crippen LogP contribution in [0, 0.1) is 11.3 Å². The van der Waals surface area contributed by atoms with Crippen molar-refractivity contribution in [3.8, 4) is 0 Å². The van der Waals surface area contributed by atoms with E-state index in [0.717, 1.165) is 38.6 Å². The summed E-state index contributed by atoms with van der Waals surface area (Å²) in [5, 5.41) is 3.34. The average molecular weight is 274 g/mol. The number of hydrogen-bond acceptors (Lipinski definition) is 1. The number of carbonyl (C=O) groups is 1. The van der Waals surface area contributed by atoms with E-state index < -0.39 is 0 Å². The van der Waals surface area contributed by atoms with Crippen molar-refractivity contribution in [3.63, 3.8) is 0 Å². The number of amides is 1. The lowest BCUT2D eigenvalue weighted by atomic mass is 9.77. The minimum atomic E-state index is -0.0687. The van der Waals surface area contributed by atoms with Crippen LogP contribution in [-0.4, -0.2) is 17.8 Å². The van der Waals surface area contributed by atoms with Crippen LogP contribution in [0.25, 0.3) is 0 Å². The Morgan fingerprint density at radius 2 is 1.89 bits per heavy atom. The van der Waals surface area contributed by atoms with Crippen LogP contribution in [0.5, 0.6) is 0 Å². The summed E-state index contributed by atoms with van der Waals surface area (Å²) in [5.74, 6) is 0.882. The van der Waals surface area contributed by atoms with E-state index in [0.29, 0.717) is 5.92 Å². The molecule has 0 aliphatic heterocycles. The minimum Gasteiger partial charge on any atom is -0.356 e. The zero-order chi connectivity index (χ0) is 13.6. The highest BCUT2D eigenvalue weighted by Crippen LogP contribution is 2.43. The molecule has 2 nitrogen and oxygen atoms in total. The predicted octanol–water partition coefficient (Wildman–Crippen LogP) is 4.12. The molecule has 3 heteroatoms. The summed E-state index contributed by atoms with van der Waals surface area (Å²) in [6.45, 7) is 7.20. The van der Waals surface area contributed by atoms with Crippen LogP contribution in [0.3, 0.4) is 0 Å². The van der Waals surface area contributed by atoms with Crippen molar-refractivity contribution >= 4 is 17.5 Å². The molecular weight excluding hydrogens is 246 g/mol. The molecule has 0 radical (unpaired) electrons. The van der Waals surface area contributed by atoms with Crippen LogP contribution < -0.4 is 5.32 Å². The monoisotopic (exact) mass is 273 g/mol. The van der Waals surface area contributed by atoms with Gasteiger partial charge in [0.05, 0.1) is 0 Å². The summed E-state index contributed by atoms with van der Waals surface area (Å²) >= 11 is 5.90. The van der Waals surface area contributed by atoms with Gasteiger partial charge in [-0.2, -0.15) is 0 Å². The van der Waals surface area contributed by atoms with Crippen LogP contribution in [0.15, 0.2) is 0 Å². The number of hydrogen-bond donors (Lipinski definition) is 1. The fourth-order valence-electron chi connectivity index (χ4n) is 3.13. The van der Waals surface area contributed by atoms with E-state index in [1.165, 1.54) is 12.8 Å². The largest absolute Gasteiger partial charge is 0.356 e. The maximum Gasteiger partial charge on any atom is 0.226 e. The zero-order valence-corrected chi connectivity index (χ0v) is 12.9. The summed E-state index contributed by atoms with van der Waals surface area (Å²) in [7, 11) is 0. The molecule has 0 saturated heterocycles. The van der Waals surface area contributed by atoms with Crippen molar-refractivity contribution in [2.45, 2.75) is 71.1 Å². The van der Waals surface area contributed by atoms with Gasteiger partial charge >= 0.3 is 0 Å². The fourth-order valence-corrected chi connectivity index (χ4v) is 3.28. The molecular formula is C15H28ClNO. The molecule has 1 aliphatic rings. The van der Waals surface area contributed by atoms with Gasteiger partial charge in [-0.25, -0.2) is 0 Å². The Labute approximate surface area is 117 Å². The topological polar surface area (TPSA) is 29.1 Å². The lowest BCUT2D eigenvalue weighted by Crippen LogP contribution is -2.40. The van der Waals surface area contributed by atoms with Crippen LogP contribution in [0.1, 0.15) is 65.7 Å². The molecule has 1 atom stereocenters. The highest BCUT2D eigenvalue weighted by atomic mass is 35.5. The third-order valence-corrected chi connectivity index (χ3v) is 4.12. The molecule has 1 saturated carbocycles. The summed E-state index contributed by atoms with van der Waals surface area (Å²) in [6.07, 6.45) is 7.54. The first-order valence-corrected chi connectivity index (χ1v) is 7.82. The Balaban J connectivity index is 2.40. The highest BCUT2D eigenvalue weighted by Gasteiger charge is 2.40. The summed E-state index contributed by atoms with van der Waals surface area (Å²) in [5.41, 5.74) is -0.0687. The van der Waals surface area contributed by atoms with Crippen LogP contribution in [0.4, 0.5) is 0 Å². The number of rotatable bonds is 7. The Kier molecular flexibility index (Phi) is 6.48. The van der Waals surface area contributed by atoms with Gasteiger partial charge in [0, 0.05) is 17.3 Å². The van der Waals surface area contributed by atoms with Gasteiger partial charge in [-0.3, -0.25) is 4.79 Å². The zero-order valence-electron chi connectivity index (χ0n) is 12.1. The van der Waals surface area contributed by atoms with Crippen molar-refractivity contribution in [1.29, 1.82) is 0 Å². The maximum absolute atomic E-state index is 12.4. The molecule has 1 rings (SSSR count). The minimum absolute atomic E-state index is 0.0687. The van der Waals surface area contributed by atoms with Gasteiger partial charge in [-0.1, -0.05) is 26.7 Å². The van der Waals surface area contributed by atoms with Gasteiger partial charge in [-0.05, 0) is 44.9 Å². The van der Waals surface area contributed by atoms with E-state index in [1.54, 1.807) is 0 Å². The fraction of sp³-hybridized carbons (Fsp3) is 0.933. The van der Waals surface area contributed by atoms with Crippen molar-refractivity contribution in [1.82, 2.24) is 5.32 Å². The van der Waals surface area contributed by atoms with Gasteiger partial charge < -0.3 is 5.32 Å². The number of alkyl halides is 1. The molecule has 1 aliphatic carbocycles. The lowest BCUT2D eigenvalue weighted by Gasteiger charge is -2.29. The molecule has 1 fully saturated rings. The van der Waals surface area contributed by atoms with E-state index >= 15 is 0 Å². The molecule has 0 heterocycles. The standard InChI is InChI=1S/C15H28ClNO/c1-12(2)11-15(8-4-5-9-15)14(18)17-10-6-7-13(3)16/h12-13H,4-11H2,1-3H3,(H,17,18). The number of carbonyl (C=O) groups excluding carboxylic acids is 1. The molecule has 1 N–H and O–H groups in total. The van der Waals surface area contributed by atoms with E-state index in [2.05, 4.69) is 19.2 Å². The smallest absolute Gasteiger partial charge is 0.226 e. The molecule has 1 amide bonds. The first-order chi connectivity index (χ1) is 8.46. The SMILES string of the molecule is CC(C)CC1(C(=O)NCCCC(C)Cl)CCCC1. The maximum atomic E-state index is 12.4. The second-order valence-corrected chi connectivity index (χ2v) is 7.01. The molecule has 0 spiro atoms. The van der Waals surface area contributed by atoms with Gasteiger partial charge in [0.25, 0.3) is 0 Å². The van der Waals surface area contributed by atoms with Gasteiger partial charge in [0.1, 0.15) is 0 Å². The summed E-state index contributed by atoms with van der Waals surface area (Å²) in [4.78, 5) is 12.4. The van der Waals surface area contributed by atoms with Gasteiger partial charge in [0.2, 0.25) is 5.91 Å². The van der Waals surface area contributed by atoms with Crippen LogP contribution in [-0.2, 0) is 4.79 Å². The van der Waals surface area contributed by atoms with Crippen molar-refractivity contribution in [2.75, 3.05) is 6.54 Å². The Morgan fingerprint density at radius 1 is 1.28 bits per heavy atom. The second-order valence-electron chi connectivity index (χ2n) is 6.26. The number of nitrogens with one attached hydrogen (secondary N) is 1. The average Bonchev–Trinajstić information content (AvgIpc) is 2.72. The van der Waals surface area contributed by atoms with Crippen LogP contribution >= 0.6 is 11.6 Å².